The molecule has 0 aromatic heterocycles. The van der Waals surface area contributed by atoms with Gasteiger partial charge in [-0.15, -0.1) is 0 Å². The maximum Gasteiger partial charge on any atom is 0.330 e. The van der Waals surface area contributed by atoms with Crippen LogP contribution in [0, 0.1) is 0 Å². The van der Waals surface area contributed by atoms with Crippen LogP contribution in [-0.2, 0) is 9.53 Å². The third-order valence-electron chi connectivity index (χ3n) is 3.10. The van der Waals surface area contributed by atoms with E-state index in [1.807, 2.05) is 36.4 Å². The Morgan fingerprint density at radius 2 is 1.48 bits per heavy atom. The van der Waals surface area contributed by atoms with E-state index in [1.54, 1.807) is 19.1 Å². The summed E-state index contributed by atoms with van der Waals surface area (Å²) in [5.41, 5.74) is 2.66. The third kappa shape index (κ3) is 5.04. The molecule has 4 heteroatoms. The van der Waals surface area contributed by atoms with Crippen molar-refractivity contribution in [3.63, 3.8) is 0 Å². The van der Waals surface area contributed by atoms with Crippen molar-refractivity contribution >= 4 is 24.2 Å². The Hall–Kier alpha value is -3.01. The van der Waals surface area contributed by atoms with Crippen LogP contribution in [0.2, 0.25) is 0 Å². The van der Waals surface area contributed by atoms with Crippen LogP contribution in [0.25, 0.3) is 18.2 Å². The fraction of sp³-hybridized carbons (Fsp3) is 0.105. The van der Waals surface area contributed by atoms with Crippen LogP contribution in [0.15, 0.2) is 48.5 Å². The normalized spacial score (nSPS) is 11.2. The number of phenols is 2. The SMILES string of the molecule is CCOC(=O)/C=C/c1ccc(/C=C/c2ccc(O)c(O)c2)cc1. The number of rotatable bonds is 5. The molecule has 0 aliphatic rings. The maximum absolute atomic E-state index is 11.2. The average Bonchev–Trinajstić information content (AvgIpc) is 2.55. The molecule has 0 atom stereocenters. The van der Waals surface area contributed by atoms with E-state index in [1.165, 1.54) is 18.2 Å². The maximum atomic E-state index is 11.2. The Bertz CT molecular complexity index is 728. The molecule has 0 fully saturated rings. The lowest BCUT2D eigenvalue weighted by Crippen LogP contribution is -1.98. The van der Waals surface area contributed by atoms with E-state index in [2.05, 4.69) is 0 Å². The molecule has 0 saturated carbocycles. The van der Waals surface area contributed by atoms with Crippen molar-refractivity contribution in [1.29, 1.82) is 0 Å². The molecule has 4 nitrogen and oxygen atoms in total. The molecule has 2 rings (SSSR count). The first-order valence-electron chi connectivity index (χ1n) is 7.23. The van der Waals surface area contributed by atoms with Crippen molar-refractivity contribution < 1.29 is 19.7 Å². The number of phenolic OH excluding ortho intramolecular Hbond substituents is 2. The quantitative estimate of drug-likeness (QED) is 0.381. The second-order valence-electron chi connectivity index (χ2n) is 4.83. The minimum Gasteiger partial charge on any atom is -0.504 e. The van der Waals surface area contributed by atoms with Gasteiger partial charge in [-0.1, -0.05) is 42.5 Å². The number of carbonyl (C=O) groups excluding carboxylic acids is 1. The second-order valence-corrected chi connectivity index (χ2v) is 4.83. The minimum absolute atomic E-state index is 0.139. The van der Waals surface area contributed by atoms with Gasteiger partial charge in [0.25, 0.3) is 0 Å². The van der Waals surface area contributed by atoms with E-state index in [9.17, 15) is 15.0 Å². The summed E-state index contributed by atoms with van der Waals surface area (Å²) in [6.45, 7) is 2.13. The number of hydrogen-bond acceptors (Lipinski definition) is 4. The Morgan fingerprint density at radius 3 is 2.09 bits per heavy atom. The van der Waals surface area contributed by atoms with Gasteiger partial charge >= 0.3 is 5.97 Å². The molecule has 23 heavy (non-hydrogen) atoms. The average molecular weight is 310 g/mol. The van der Waals surface area contributed by atoms with E-state index in [4.69, 9.17) is 4.74 Å². The topological polar surface area (TPSA) is 66.8 Å². The summed E-state index contributed by atoms with van der Waals surface area (Å²) in [7, 11) is 0. The van der Waals surface area contributed by atoms with E-state index in [-0.39, 0.29) is 17.5 Å². The molecular formula is C19H18O4. The molecule has 0 saturated heterocycles. The summed E-state index contributed by atoms with van der Waals surface area (Å²) < 4.78 is 4.82. The van der Waals surface area contributed by atoms with Gasteiger partial charge in [0.15, 0.2) is 11.5 Å². The van der Waals surface area contributed by atoms with Crippen LogP contribution in [0.1, 0.15) is 23.6 Å². The van der Waals surface area contributed by atoms with E-state index >= 15 is 0 Å². The first-order valence-corrected chi connectivity index (χ1v) is 7.23. The summed E-state index contributed by atoms with van der Waals surface area (Å²) >= 11 is 0. The number of benzene rings is 2. The fourth-order valence-electron chi connectivity index (χ4n) is 1.91. The molecule has 2 aromatic rings. The zero-order valence-corrected chi connectivity index (χ0v) is 12.8. The number of hydrogen-bond donors (Lipinski definition) is 2. The molecule has 0 bridgehead atoms. The van der Waals surface area contributed by atoms with Crippen LogP contribution < -0.4 is 0 Å². The molecule has 0 aliphatic heterocycles. The molecule has 0 spiro atoms. The third-order valence-corrected chi connectivity index (χ3v) is 3.10. The van der Waals surface area contributed by atoms with E-state index in [0.29, 0.717) is 6.61 Å². The summed E-state index contributed by atoms with van der Waals surface area (Å²) in [5, 5.41) is 18.7. The fourth-order valence-corrected chi connectivity index (χ4v) is 1.91. The summed E-state index contributed by atoms with van der Waals surface area (Å²) in [5.74, 6) is -0.643. The molecule has 2 aromatic carbocycles. The van der Waals surface area contributed by atoms with Gasteiger partial charge in [-0.25, -0.2) is 4.79 Å². The largest absolute Gasteiger partial charge is 0.504 e. The summed E-state index contributed by atoms with van der Waals surface area (Å²) in [6.07, 6.45) is 6.82. The van der Waals surface area contributed by atoms with Crippen molar-refractivity contribution in [2.45, 2.75) is 6.92 Å². The number of carbonyl (C=O) groups is 1. The lowest BCUT2D eigenvalue weighted by atomic mass is 10.1. The van der Waals surface area contributed by atoms with Crippen molar-refractivity contribution in [2.24, 2.45) is 0 Å². The molecule has 0 heterocycles. The predicted molar refractivity (Wildman–Crippen MR) is 90.8 cm³/mol. The lowest BCUT2D eigenvalue weighted by Gasteiger charge is -1.99. The molecular weight excluding hydrogens is 292 g/mol. The van der Waals surface area contributed by atoms with Gasteiger partial charge in [-0.2, -0.15) is 0 Å². The Balaban J connectivity index is 2.03. The Kier molecular flexibility index (Phi) is 5.58. The lowest BCUT2D eigenvalue weighted by molar-refractivity contribution is -0.137. The Labute approximate surface area is 135 Å². The second kappa shape index (κ2) is 7.84. The molecule has 0 radical (unpaired) electrons. The van der Waals surface area contributed by atoms with E-state index in [0.717, 1.165) is 16.7 Å². The molecule has 0 unspecified atom stereocenters. The number of aromatic hydroxyl groups is 2. The van der Waals surface area contributed by atoms with Crippen molar-refractivity contribution in [1.82, 2.24) is 0 Å². The first kappa shape index (κ1) is 16.4. The zero-order chi connectivity index (χ0) is 16.7. The highest BCUT2D eigenvalue weighted by Gasteiger charge is 1.98. The van der Waals surface area contributed by atoms with Gasteiger partial charge in [-0.3, -0.25) is 0 Å². The van der Waals surface area contributed by atoms with Gasteiger partial charge in [0, 0.05) is 6.08 Å². The summed E-state index contributed by atoms with van der Waals surface area (Å²) in [6, 6.07) is 12.3. The Morgan fingerprint density at radius 1 is 0.913 bits per heavy atom. The molecule has 118 valence electrons. The summed E-state index contributed by atoms with van der Waals surface area (Å²) in [4.78, 5) is 11.2. The van der Waals surface area contributed by atoms with Crippen molar-refractivity contribution in [3.8, 4) is 11.5 Å². The van der Waals surface area contributed by atoms with Crippen molar-refractivity contribution in [3.05, 3.63) is 65.2 Å². The number of esters is 1. The van der Waals surface area contributed by atoms with E-state index < -0.39 is 0 Å². The smallest absolute Gasteiger partial charge is 0.330 e. The van der Waals surface area contributed by atoms with Crippen LogP contribution in [-0.4, -0.2) is 22.8 Å². The van der Waals surface area contributed by atoms with Gasteiger partial charge in [0.1, 0.15) is 0 Å². The highest BCUT2D eigenvalue weighted by atomic mass is 16.5. The van der Waals surface area contributed by atoms with Gasteiger partial charge in [0.05, 0.1) is 6.61 Å². The molecule has 0 aliphatic carbocycles. The minimum atomic E-state index is -0.358. The van der Waals surface area contributed by atoms with Crippen LogP contribution in [0.3, 0.4) is 0 Å². The zero-order valence-electron chi connectivity index (χ0n) is 12.8. The van der Waals surface area contributed by atoms with Gasteiger partial charge < -0.3 is 14.9 Å². The van der Waals surface area contributed by atoms with Gasteiger partial charge in [-0.05, 0) is 41.8 Å². The number of ether oxygens (including phenoxy) is 1. The predicted octanol–water partition coefficient (Wildman–Crippen LogP) is 3.84. The van der Waals surface area contributed by atoms with Crippen LogP contribution in [0.4, 0.5) is 0 Å². The highest BCUT2D eigenvalue weighted by Crippen LogP contribution is 2.25. The molecule has 0 amide bonds. The highest BCUT2D eigenvalue weighted by molar-refractivity contribution is 5.87. The standard InChI is InChI=1S/C19H18O4/c1-2-23-19(22)12-10-15-5-3-14(4-6-15)7-8-16-9-11-17(20)18(21)13-16/h3-13,20-21H,2H2,1H3/b8-7+,12-10+. The van der Waals surface area contributed by atoms with Crippen LogP contribution in [0.5, 0.6) is 11.5 Å². The first-order chi connectivity index (χ1) is 11.1. The van der Waals surface area contributed by atoms with Crippen LogP contribution >= 0.6 is 0 Å². The van der Waals surface area contributed by atoms with Crippen molar-refractivity contribution in [2.75, 3.05) is 6.61 Å². The molecule has 2 N–H and O–H groups in total. The monoisotopic (exact) mass is 310 g/mol. The van der Waals surface area contributed by atoms with Gasteiger partial charge in [0.2, 0.25) is 0 Å².